The van der Waals surface area contributed by atoms with Crippen LogP contribution in [0.25, 0.3) is 0 Å². The van der Waals surface area contributed by atoms with Gasteiger partial charge in [0, 0.05) is 6.20 Å². The Hall–Kier alpha value is -1.85. The van der Waals surface area contributed by atoms with Crippen molar-refractivity contribution in [2.24, 2.45) is 0 Å². The number of nitrogens with one attached hydrogen (secondary N) is 2. The molecule has 0 aliphatic carbocycles. The van der Waals surface area contributed by atoms with Gasteiger partial charge < -0.3 is 15.0 Å². The lowest BCUT2D eigenvalue weighted by Gasteiger charge is -2.08. The number of hydrogen-bond donors (Lipinski definition) is 2. The Balaban J connectivity index is 1.90. The van der Waals surface area contributed by atoms with Crippen LogP contribution in [0, 0.1) is 4.64 Å². The van der Waals surface area contributed by atoms with E-state index in [1.165, 1.54) is 0 Å². The van der Waals surface area contributed by atoms with Crippen molar-refractivity contribution < 1.29 is 9.53 Å². The quantitative estimate of drug-likeness (QED) is 0.850. The van der Waals surface area contributed by atoms with Crippen LogP contribution in [0.15, 0.2) is 42.6 Å². The fourth-order valence-corrected chi connectivity index (χ4v) is 1.71. The fraction of sp³-hybridized carbons (Fsp3) is 0.0769. The number of carbonyl (C=O) groups is 1. The van der Waals surface area contributed by atoms with Crippen molar-refractivity contribution in [3.8, 4) is 5.75 Å². The third-order valence-corrected chi connectivity index (χ3v) is 2.83. The van der Waals surface area contributed by atoms with E-state index in [9.17, 15) is 4.79 Å². The fourth-order valence-electron chi connectivity index (χ4n) is 1.39. The maximum Gasteiger partial charge on any atom is 0.262 e. The predicted octanol–water partition coefficient (Wildman–Crippen LogP) is 3.42. The second kappa shape index (κ2) is 6.36. The Morgan fingerprint density at radius 2 is 2.11 bits per heavy atom. The van der Waals surface area contributed by atoms with Crippen molar-refractivity contribution in [3.05, 3.63) is 52.3 Å². The van der Waals surface area contributed by atoms with E-state index in [-0.39, 0.29) is 12.5 Å². The van der Waals surface area contributed by atoms with Crippen LogP contribution < -0.4 is 10.1 Å². The van der Waals surface area contributed by atoms with Gasteiger partial charge in [-0.1, -0.05) is 36.0 Å². The standard InChI is InChI=1S/C13H11ClN2O2S/c14-10-3-1-2-4-11(10)18-8-12(17)16-9-5-6-13(19)15-7-9/h1-7H,8H2,(H,15,19)(H,16,17). The molecular weight excluding hydrogens is 284 g/mol. The molecule has 2 N–H and O–H groups in total. The molecule has 0 saturated heterocycles. The maximum absolute atomic E-state index is 11.7. The lowest BCUT2D eigenvalue weighted by atomic mass is 10.3. The third-order valence-electron chi connectivity index (χ3n) is 2.26. The summed E-state index contributed by atoms with van der Waals surface area (Å²) in [7, 11) is 0. The minimum atomic E-state index is -0.273. The Bertz CT molecular complexity index is 622. The molecule has 0 radical (unpaired) electrons. The SMILES string of the molecule is O=C(COc1ccccc1Cl)Nc1ccc(=S)[nH]c1. The average molecular weight is 295 g/mol. The van der Waals surface area contributed by atoms with E-state index < -0.39 is 0 Å². The summed E-state index contributed by atoms with van der Waals surface area (Å²) >= 11 is 10.8. The molecular formula is C13H11ClN2O2S. The summed E-state index contributed by atoms with van der Waals surface area (Å²) in [6, 6.07) is 10.4. The molecule has 6 heteroatoms. The van der Waals surface area contributed by atoms with E-state index in [0.29, 0.717) is 21.1 Å². The van der Waals surface area contributed by atoms with Gasteiger partial charge in [-0.3, -0.25) is 4.79 Å². The first-order valence-corrected chi connectivity index (χ1v) is 6.30. The lowest BCUT2D eigenvalue weighted by molar-refractivity contribution is -0.118. The van der Waals surface area contributed by atoms with E-state index in [2.05, 4.69) is 10.3 Å². The lowest BCUT2D eigenvalue weighted by Crippen LogP contribution is -2.20. The maximum atomic E-state index is 11.7. The smallest absolute Gasteiger partial charge is 0.262 e. The number of rotatable bonds is 4. The highest BCUT2D eigenvalue weighted by molar-refractivity contribution is 7.71. The van der Waals surface area contributed by atoms with Crippen molar-refractivity contribution in [3.63, 3.8) is 0 Å². The first kappa shape index (κ1) is 13.6. The van der Waals surface area contributed by atoms with Crippen molar-refractivity contribution in [1.82, 2.24) is 4.98 Å². The van der Waals surface area contributed by atoms with Crippen LogP contribution in [0.2, 0.25) is 5.02 Å². The minimum absolute atomic E-state index is 0.112. The highest BCUT2D eigenvalue weighted by atomic mass is 35.5. The van der Waals surface area contributed by atoms with Crippen molar-refractivity contribution in [2.45, 2.75) is 0 Å². The molecule has 2 rings (SSSR count). The van der Waals surface area contributed by atoms with Gasteiger partial charge in [0.1, 0.15) is 10.4 Å². The third kappa shape index (κ3) is 4.08. The molecule has 1 amide bonds. The number of aromatic nitrogens is 1. The van der Waals surface area contributed by atoms with Gasteiger partial charge in [-0.25, -0.2) is 0 Å². The Labute approximate surface area is 120 Å². The normalized spacial score (nSPS) is 9.95. The zero-order valence-electron chi connectivity index (χ0n) is 9.85. The van der Waals surface area contributed by atoms with Gasteiger partial charge >= 0.3 is 0 Å². The number of anilines is 1. The highest BCUT2D eigenvalue weighted by Crippen LogP contribution is 2.22. The molecule has 0 aliphatic heterocycles. The molecule has 2 aromatic rings. The van der Waals surface area contributed by atoms with E-state index in [4.69, 9.17) is 28.6 Å². The highest BCUT2D eigenvalue weighted by Gasteiger charge is 2.05. The molecule has 4 nitrogen and oxygen atoms in total. The topological polar surface area (TPSA) is 54.1 Å². The van der Waals surface area contributed by atoms with Gasteiger partial charge in [-0.05, 0) is 24.3 Å². The van der Waals surface area contributed by atoms with Crippen LogP contribution in [0.1, 0.15) is 0 Å². The number of hydrogen-bond acceptors (Lipinski definition) is 3. The predicted molar refractivity (Wildman–Crippen MR) is 77.2 cm³/mol. The number of para-hydroxylation sites is 1. The Morgan fingerprint density at radius 1 is 1.32 bits per heavy atom. The van der Waals surface area contributed by atoms with E-state index in [1.54, 1.807) is 42.6 Å². The number of H-pyrrole nitrogens is 1. The molecule has 98 valence electrons. The number of carbonyl (C=O) groups excluding carboxylic acids is 1. The van der Waals surface area contributed by atoms with Gasteiger partial charge in [0.15, 0.2) is 6.61 Å². The summed E-state index contributed by atoms with van der Waals surface area (Å²) in [6.07, 6.45) is 1.62. The molecule has 0 fully saturated rings. The van der Waals surface area contributed by atoms with E-state index >= 15 is 0 Å². The molecule has 0 atom stereocenters. The second-order valence-corrected chi connectivity index (χ2v) is 4.56. The zero-order valence-corrected chi connectivity index (χ0v) is 11.4. The summed E-state index contributed by atoms with van der Waals surface area (Å²) in [5, 5.41) is 3.15. The molecule has 0 unspecified atom stereocenters. The van der Waals surface area contributed by atoms with Gasteiger partial charge in [0.05, 0.1) is 10.7 Å². The summed E-state index contributed by atoms with van der Waals surface area (Å²) < 4.78 is 5.92. The molecule has 1 heterocycles. The number of aromatic amines is 1. The van der Waals surface area contributed by atoms with Crippen LogP contribution >= 0.6 is 23.8 Å². The molecule has 1 aromatic heterocycles. The number of halogens is 1. The van der Waals surface area contributed by atoms with Gasteiger partial charge in [0.25, 0.3) is 5.91 Å². The van der Waals surface area contributed by atoms with Gasteiger partial charge in [-0.15, -0.1) is 0 Å². The van der Waals surface area contributed by atoms with Crippen LogP contribution in [-0.4, -0.2) is 17.5 Å². The number of ether oxygens (including phenoxy) is 1. The largest absolute Gasteiger partial charge is 0.482 e. The molecule has 1 aromatic carbocycles. The number of amides is 1. The first-order valence-electron chi connectivity index (χ1n) is 5.51. The monoisotopic (exact) mass is 294 g/mol. The second-order valence-electron chi connectivity index (χ2n) is 3.71. The number of benzene rings is 1. The Kier molecular flexibility index (Phi) is 4.54. The first-order chi connectivity index (χ1) is 9.15. The number of pyridine rings is 1. The zero-order chi connectivity index (χ0) is 13.7. The van der Waals surface area contributed by atoms with Crippen molar-refractivity contribution in [1.29, 1.82) is 0 Å². The van der Waals surface area contributed by atoms with E-state index in [0.717, 1.165) is 0 Å². The molecule has 0 bridgehead atoms. The van der Waals surface area contributed by atoms with E-state index in [1.807, 2.05) is 0 Å². The van der Waals surface area contributed by atoms with Crippen LogP contribution in [0.3, 0.4) is 0 Å². The molecule has 0 aliphatic rings. The average Bonchev–Trinajstić information content (AvgIpc) is 2.40. The Morgan fingerprint density at radius 3 is 2.79 bits per heavy atom. The van der Waals surface area contributed by atoms with Crippen LogP contribution in [0.5, 0.6) is 5.75 Å². The summed E-state index contributed by atoms with van der Waals surface area (Å²) in [5.74, 6) is 0.206. The molecule has 0 spiro atoms. The summed E-state index contributed by atoms with van der Waals surface area (Å²) in [6.45, 7) is -0.112. The summed E-state index contributed by atoms with van der Waals surface area (Å²) in [4.78, 5) is 14.5. The van der Waals surface area contributed by atoms with Crippen LogP contribution in [-0.2, 0) is 4.79 Å². The van der Waals surface area contributed by atoms with Crippen molar-refractivity contribution >= 4 is 35.4 Å². The molecule has 0 saturated carbocycles. The van der Waals surface area contributed by atoms with Crippen molar-refractivity contribution in [2.75, 3.05) is 11.9 Å². The van der Waals surface area contributed by atoms with Crippen LogP contribution in [0.4, 0.5) is 5.69 Å². The molecule has 19 heavy (non-hydrogen) atoms. The minimum Gasteiger partial charge on any atom is -0.482 e. The van der Waals surface area contributed by atoms with Gasteiger partial charge in [-0.2, -0.15) is 0 Å². The summed E-state index contributed by atoms with van der Waals surface area (Å²) in [5.41, 5.74) is 0.626. The van der Waals surface area contributed by atoms with Gasteiger partial charge in [0.2, 0.25) is 0 Å².